The van der Waals surface area contributed by atoms with Gasteiger partial charge in [-0.3, -0.25) is 0 Å². The third-order valence-corrected chi connectivity index (χ3v) is 5.31. The third-order valence-electron chi connectivity index (χ3n) is 5.31. The van der Waals surface area contributed by atoms with Gasteiger partial charge in [0.25, 0.3) is 0 Å². The Hall–Kier alpha value is -0.0800. The van der Waals surface area contributed by atoms with Crippen molar-refractivity contribution >= 4 is 0 Å². The average molecular weight is 385 g/mol. The Bertz CT molecular complexity index is 239. The molecule has 27 heavy (non-hydrogen) atoms. The highest BCUT2D eigenvalue weighted by atomic mass is 14.9. The Labute approximate surface area is 174 Å². The topological polar surface area (TPSA) is 24.1 Å². The van der Waals surface area contributed by atoms with Crippen LogP contribution in [0.15, 0.2) is 0 Å². The summed E-state index contributed by atoms with van der Waals surface area (Å²) in [5.74, 6) is 1.78. The number of hydrogen-bond acceptors (Lipinski definition) is 2. The number of nitrogens with one attached hydrogen (secondary N) is 2. The van der Waals surface area contributed by atoms with Crippen LogP contribution in [0, 0.1) is 11.8 Å². The summed E-state index contributed by atoms with van der Waals surface area (Å²) in [5, 5.41) is 7.11. The van der Waals surface area contributed by atoms with Gasteiger partial charge >= 0.3 is 0 Å². The van der Waals surface area contributed by atoms with Gasteiger partial charge in [0.1, 0.15) is 0 Å². The molecule has 0 aromatic heterocycles. The summed E-state index contributed by atoms with van der Waals surface area (Å²) in [6, 6.07) is 0.834. The summed E-state index contributed by atoms with van der Waals surface area (Å²) in [4.78, 5) is 0. The molecule has 2 saturated carbocycles. The van der Waals surface area contributed by atoms with Crippen molar-refractivity contribution in [3.63, 3.8) is 0 Å². The fourth-order valence-corrected chi connectivity index (χ4v) is 3.92. The molecule has 2 heteroatoms. The lowest BCUT2D eigenvalue weighted by molar-refractivity contribution is 0.337. The van der Waals surface area contributed by atoms with Gasteiger partial charge in [-0.2, -0.15) is 0 Å². The Morgan fingerprint density at radius 2 is 1.15 bits per heavy atom. The molecule has 0 unspecified atom stereocenters. The lowest BCUT2D eigenvalue weighted by Crippen LogP contribution is -2.29. The second-order valence-electron chi connectivity index (χ2n) is 8.16. The minimum Gasteiger partial charge on any atom is -0.316 e. The van der Waals surface area contributed by atoms with E-state index < -0.39 is 0 Å². The highest BCUT2D eigenvalue weighted by molar-refractivity contribution is 4.69. The van der Waals surface area contributed by atoms with Gasteiger partial charge in [0.2, 0.25) is 0 Å². The molecule has 0 atom stereocenters. The van der Waals surface area contributed by atoms with Gasteiger partial charge in [0.15, 0.2) is 0 Å². The van der Waals surface area contributed by atoms with Gasteiger partial charge in [0.05, 0.1) is 0 Å². The van der Waals surface area contributed by atoms with E-state index in [0.717, 1.165) is 24.4 Å². The summed E-state index contributed by atoms with van der Waals surface area (Å²) < 4.78 is 0. The molecule has 2 fully saturated rings. The second kappa shape index (κ2) is 24.0. The minimum absolute atomic E-state index is 0.800. The van der Waals surface area contributed by atoms with Crippen LogP contribution < -0.4 is 10.6 Å². The molecular weight excluding hydrogens is 328 g/mol. The fraction of sp³-hybridized carbons (Fsp3) is 1.00. The van der Waals surface area contributed by atoms with Crippen LogP contribution in [0.1, 0.15) is 126 Å². The van der Waals surface area contributed by atoms with Crippen LogP contribution in [0.3, 0.4) is 0 Å². The first kappa shape index (κ1) is 29.1. The molecule has 0 aromatic carbocycles. The second-order valence-corrected chi connectivity index (χ2v) is 8.16. The molecule has 0 bridgehead atoms. The third kappa shape index (κ3) is 20.5. The normalized spacial score (nSPS) is 18.7. The van der Waals surface area contributed by atoms with E-state index in [0.29, 0.717) is 0 Å². The van der Waals surface area contributed by atoms with E-state index in [-0.39, 0.29) is 0 Å². The van der Waals surface area contributed by atoms with E-state index in [4.69, 9.17) is 0 Å². The Balaban J connectivity index is 0. The maximum absolute atomic E-state index is 3.55. The first-order valence-electron chi connectivity index (χ1n) is 12.7. The van der Waals surface area contributed by atoms with E-state index in [1.54, 1.807) is 0 Å². The van der Waals surface area contributed by atoms with E-state index in [2.05, 4.69) is 31.4 Å². The van der Waals surface area contributed by atoms with Crippen LogP contribution in [-0.2, 0) is 0 Å². The van der Waals surface area contributed by atoms with Gasteiger partial charge in [-0.15, -0.1) is 0 Å². The maximum atomic E-state index is 3.55. The molecule has 2 nitrogen and oxygen atoms in total. The first-order valence-corrected chi connectivity index (χ1v) is 12.7. The smallest absolute Gasteiger partial charge is 0.00669 e. The SMILES string of the molecule is CC.CC.CC(C)CNCC1CCCCC1.CCNC1CCCCCCC1. The standard InChI is InChI=1S/C11H23N.C10H21N.2C2H6/c1-10(2)8-12-9-11-6-4-3-5-7-11;1-2-11-10-8-6-4-3-5-7-9-10;2*1-2/h10-12H,3-9H2,1-2H3;10-11H,2-9H2,1H3;2*1-2H3. The average Bonchev–Trinajstić information content (AvgIpc) is 2.68. The Kier molecular flexibility index (Phi) is 25.8. The first-order chi connectivity index (χ1) is 13.2. The lowest BCUT2D eigenvalue weighted by Gasteiger charge is -2.22. The molecule has 0 heterocycles. The summed E-state index contributed by atoms with van der Waals surface area (Å²) >= 11 is 0. The highest BCUT2D eigenvalue weighted by Gasteiger charge is 2.12. The van der Waals surface area contributed by atoms with Crippen LogP contribution in [-0.4, -0.2) is 25.7 Å². The van der Waals surface area contributed by atoms with Crippen molar-refractivity contribution in [1.29, 1.82) is 0 Å². The number of hydrogen-bond donors (Lipinski definition) is 2. The lowest BCUT2D eigenvalue weighted by atomic mass is 9.89. The van der Waals surface area contributed by atoms with Gasteiger partial charge in [-0.1, -0.05) is 99.8 Å². The largest absolute Gasteiger partial charge is 0.316 e. The highest BCUT2D eigenvalue weighted by Crippen LogP contribution is 2.22. The van der Waals surface area contributed by atoms with Crippen molar-refractivity contribution in [3.8, 4) is 0 Å². The molecule has 2 rings (SSSR count). The van der Waals surface area contributed by atoms with Gasteiger partial charge in [-0.25, -0.2) is 0 Å². The molecule has 2 N–H and O–H groups in total. The fourth-order valence-electron chi connectivity index (χ4n) is 3.92. The molecule has 0 aliphatic heterocycles. The van der Waals surface area contributed by atoms with Gasteiger partial charge in [-0.05, 0) is 57.2 Å². The molecule has 0 aromatic rings. The van der Waals surface area contributed by atoms with Crippen LogP contribution in [0.5, 0.6) is 0 Å². The van der Waals surface area contributed by atoms with Crippen LogP contribution in [0.4, 0.5) is 0 Å². The summed E-state index contributed by atoms with van der Waals surface area (Å²) in [6.45, 7) is 18.3. The van der Waals surface area contributed by atoms with Gasteiger partial charge < -0.3 is 10.6 Å². The van der Waals surface area contributed by atoms with Gasteiger partial charge in [0, 0.05) is 6.04 Å². The van der Waals surface area contributed by atoms with Crippen LogP contribution in [0.25, 0.3) is 0 Å². The molecule has 0 spiro atoms. The van der Waals surface area contributed by atoms with Crippen molar-refractivity contribution in [2.45, 2.75) is 132 Å². The zero-order chi connectivity index (χ0) is 20.8. The van der Waals surface area contributed by atoms with Crippen molar-refractivity contribution < 1.29 is 0 Å². The quantitative estimate of drug-likeness (QED) is 0.493. The molecule has 0 saturated heterocycles. The zero-order valence-corrected chi connectivity index (χ0v) is 20.3. The van der Waals surface area contributed by atoms with Crippen molar-refractivity contribution in [2.75, 3.05) is 19.6 Å². The predicted octanol–water partition coefficient (Wildman–Crippen LogP) is 7.57. The summed E-state index contributed by atoms with van der Waals surface area (Å²) in [5.41, 5.74) is 0. The van der Waals surface area contributed by atoms with Crippen LogP contribution in [0.2, 0.25) is 0 Å². The molecule has 166 valence electrons. The molecule has 2 aliphatic carbocycles. The van der Waals surface area contributed by atoms with Crippen LogP contribution >= 0.6 is 0 Å². The predicted molar refractivity (Wildman–Crippen MR) is 127 cm³/mol. The minimum atomic E-state index is 0.800. The maximum Gasteiger partial charge on any atom is 0.00669 e. The molecule has 0 amide bonds. The van der Waals surface area contributed by atoms with E-state index in [1.165, 1.54) is 90.1 Å². The Morgan fingerprint density at radius 1 is 0.704 bits per heavy atom. The van der Waals surface area contributed by atoms with E-state index >= 15 is 0 Å². The molecular formula is C25H56N2. The van der Waals surface area contributed by atoms with Crippen molar-refractivity contribution in [3.05, 3.63) is 0 Å². The zero-order valence-electron chi connectivity index (χ0n) is 20.3. The summed E-state index contributed by atoms with van der Waals surface area (Å²) in [7, 11) is 0. The number of rotatable bonds is 6. The molecule has 0 radical (unpaired) electrons. The van der Waals surface area contributed by atoms with E-state index in [9.17, 15) is 0 Å². The Morgan fingerprint density at radius 3 is 1.63 bits per heavy atom. The van der Waals surface area contributed by atoms with E-state index in [1.807, 2.05) is 27.7 Å². The monoisotopic (exact) mass is 384 g/mol. The molecule has 2 aliphatic rings. The summed E-state index contributed by atoms with van der Waals surface area (Å²) in [6.07, 6.45) is 17.4. The van der Waals surface area contributed by atoms with Crippen molar-refractivity contribution in [2.24, 2.45) is 11.8 Å². The van der Waals surface area contributed by atoms with Crippen molar-refractivity contribution in [1.82, 2.24) is 10.6 Å².